The molecule has 4 rings (SSSR count). The van der Waals surface area contributed by atoms with Crippen molar-refractivity contribution in [3.05, 3.63) is 93.8 Å². The Kier molecular flexibility index (Phi) is 6.99. The summed E-state index contributed by atoms with van der Waals surface area (Å²) in [5.41, 5.74) is 1.19. The van der Waals surface area contributed by atoms with E-state index in [9.17, 15) is 24.0 Å². The summed E-state index contributed by atoms with van der Waals surface area (Å²) in [6, 6.07) is 15.7. The molecule has 0 atom stereocenters. The Bertz CT molecular complexity index is 1450. The molecule has 0 spiro atoms. The lowest BCUT2D eigenvalue weighted by Gasteiger charge is -2.26. The lowest BCUT2D eigenvalue weighted by atomic mass is 10.1. The maximum absolute atomic E-state index is 13.3. The summed E-state index contributed by atoms with van der Waals surface area (Å²) in [5.74, 6) is -1.91. The van der Waals surface area contributed by atoms with Crippen LogP contribution in [0.15, 0.2) is 66.2 Å². The number of nitrogens with zero attached hydrogens (tertiary/aromatic N) is 2. The zero-order valence-corrected chi connectivity index (χ0v) is 19.5. The molecule has 3 aromatic rings. The van der Waals surface area contributed by atoms with Crippen LogP contribution in [0.25, 0.3) is 6.08 Å². The molecule has 36 heavy (non-hydrogen) atoms. The van der Waals surface area contributed by atoms with Crippen LogP contribution in [0.5, 0.6) is 11.5 Å². The van der Waals surface area contributed by atoms with Gasteiger partial charge in [-0.25, -0.2) is 14.1 Å². The van der Waals surface area contributed by atoms with Crippen molar-refractivity contribution in [2.45, 2.75) is 6.61 Å². The molecule has 0 unspecified atom stereocenters. The van der Waals surface area contributed by atoms with Gasteiger partial charge in [-0.2, -0.15) is 5.26 Å². The van der Waals surface area contributed by atoms with E-state index in [-0.39, 0.29) is 34.4 Å². The first kappa shape index (κ1) is 24.4. The van der Waals surface area contributed by atoms with Crippen LogP contribution in [0.2, 0.25) is 5.02 Å². The molecule has 3 aromatic carbocycles. The SMILES string of the molecule is COc1cc(/C=C2\C(=O)NC(=O)N(c3ccc(F)cc3)C2=O)cc(Cl)c1OCc1ccccc1C#N. The summed E-state index contributed by atoms with van der Waals surface area (Å²) in [6.07, 6.45) is 1.25. The lowest BCUT2D eigenvalue weighted by molar-refractivity contribution is -0.122. The van der Waals surface area contributed by atoms with Crippen LogP contribution in [-0.2, 0) is 16.2 Å². The molecule has 180 valence electrons. The zero-order chi connectivity index (χ0) is 25.8. The van der Waals surface area contributed by atoms with Crippen molar-refractivity contribution < 1.29 is 28.2 Å². The van der Waals surface area contributed by atoms with Gasteiger partial charge in [0.2, 0.25) is 0 Å². The predicted octanol–water partition coefficient (Wildman–Crippen LogP) is 4.60. The zero-order valence-electron chi connectivity index (χ0n) is 18.7. The first-order valence-electron chi connectivity index (χ1n) is 10.5. The molecule has 0 aliphatic carbocycles. The molecule has 0 aromatic heterocycles. The van der Waals surface area contributed by atoms with Crippen molar-refractivity contribution in [3.63, 3.8) is 0 Å². The number of barbiturate groups is 1. The van der Waals surface area contributed by atoms with Crippen LogP contribution in [0, 0.1) is 17.1 Å². The largest absolute Gasteiger partial charge is 0.493 e. The minimum absolute atomic E-state index is 0.0515. The summed E-state index contributed by atoms with van der Waals surface area (Å²) in [5, 5.41) is 11.5. The Balaban J connectivity index is 1.65. The van der Waals surface area contributed by atoms with Crippen LogP contribution in [0.3, 0.4) is 0 Å². The molecular weight excluding hydrogens is 489 g/mol. The number of nitrogens with one attached hydrogen (secondary N) is 1. The van der Waals surface area contributed by atoms with Crippen LogP contribution >= 0.6 is 11.6 Å². The number of carbonyl (C=O) groups is 3. The number of nitriles is 1. The minimum atomic E-state index is -0.953. The standard InChI is InChI=1S/C26H17ClFN3O5/c1-35-22-12-15(11-21(27)23(22)36-14-17-5-3-2-4-16(17)13-29)10-20-24(32)30-26(34)31(25(20)33)19-8-6-18(28)7-9-19/h2-12H,14H2,1H3,(H,30,32,34)/b20-10+. The highest BCUT2D eigenvalue weighted by atomic mass is 35.5. The molecule has 1 saturated heterocycles. The third kappa shape index (κ3) is 4.89. The van der Waals surface area contributed by atoms with Gasteiger partial charge >= 0.3 is 6.03 Å². The van der Waals surface area contributed by atoms with Crippen molar-refractivity contribution >= 4 is 41.2 Å². The molecule has 0 radical (unpaired) electrons. The van der Waals surface area contributed by atoms with Gasteiger partial charge in [0.25, 0.3) is 11.8 Å². The number of benzene rings is 3. The maximum Gasteiger partial charge on any atom is 0.335 e. The Morgan fingerprint density at radius 2 is 1.83 bits per heavy atom. The van der Waals surface area contributed by atoms with Crippen molar-refractivity contribution in [1.29, 1.82) is 5.26 Å². The van der Waals surface area contributed by atoms with Gasteiger partial charge in [0.05, 0.1) is 29.5 Å². The van der Waals surface area contributed by atoms with Gasteiger partial charge in [-0.05, 0) is 54.1 Å². The number of methoxy groups -OCH3 is 1. The monoisotopic (exact) mass is 505 g/mol. The Morgan fingerprint density at radius 3 is 2.53 bits per heavy atom. The molecule has 1 aliphatic rings. The molecule has 1 fully saturated rings. The number of urea groups is 1. The number of rotatable bonds is 6. The van der Waals surface area contributed by atoms with Crippen LogP contribution in [0.4, 0.5) is 14.9 Å². The van der Waals surface area contributed by atoms with Gasteiger partial charge in [0.1, 0.15) is 18.0 Å². The molecule has 1 heterocycles. The van der Waals surface area contributed by atoms with E-state index in [1.54, 1.807) is 24.3 Å². The van der Waals surface area contributed by atoms with E-state index in [1.807, 2.05) is 0 Å². The number of hydrogen-bond donors (Lipinski definition) is 1. The summed E-state index contributed by atoms with van der Waals surface area (Å²) in [6.45, 7) is 0.0515. The van der Waals surface area contributed by atoms with Gasteiger partial charge in [-0.15, -0.1) is 0 Å². The number of imide groups is 2. The summed E-state index contributed by atoms with van der Waals surface area (Å²) < 4.78 is 24.5. The van der Waals surface area contributed by atoms with Gasteiger partial charge in [-0.3, -0.25) is 14.9 Å². The van der Waals surface area contributed by atoms with E-state index in [0.717, 1.165) is 17.0 Å². The number of carbonyl (C=O) groups excluding carboxylic acids is 3. The fourth-order valence-electron chi connectivity index (χ4n) is 3.52. The maximum atomic E-state index is 13.3. The van der Waals surface area contributed by atoms with Crippen LogP contribution in [0.1, 0.15) is 16.7 Å². The molecule has 1 N–H and O–H groups in total. The highest BCUT2D eigenvalue weighted by Crippen LogP contribution is 2.38. The average Bonchev–Trinajstić information content (AvgIpc) is 2.86. The quantitative estimate of drug-likeness (QED) is 0.387. The minimum Gasteiger partial charge on any atom is -0.493 e. The van der Waals surface area contributed by atoms with Crippen molar-refractivity contribution in [3.8, 4) is 17.6 Å². The third-order valence-corrected chi connectivity index (χ3v) is 5.54. The van der Waals surface area contributed by atoms with E-state index in [1.165, 1.54) is 37.5 Å². The average molecular weight is 506 g/mol. The molecule has 10 heteroatoms. The number of ether oxygens (including phenoxy) is 2. The number of amides is 4. The first-order valence-corrected chi connectivity index (χ1v) is 10.9. The third-order valence-electron chi connectivity index (χ3n) is 5.26. The second-order valence-electron chi connectivity index (χ2n) is 7.53. The van der Waals surface area contributed by atoms with E-state index >= 15 is 0 Å². The second-order valence-corrected chi connectivity index (χ2v) is 7.93. The molecule has 4 amide bonds. The highest BCUT2D eigenvalue weighted by molar-refractivity contribution is 6.39. The normalized spacial score (nSPS) is 14.4. The Labute approximate surface area is 210 Å². The van der Waals surface area contributed by atoms with Crippen molar-refractivity contribution in [2.24, 2.45) is 0 Å². The van der Waals surface area contributed by atoms with E-state index in [0.29, 0.717) is 16.7 Å². The van der Waals surface area contributed by atoms with E-state index < -0.39 is 23.7 Å². The molecule has 1 aliphatic heterocycles. The Morgan fingerprint density at radius 1 is 1.11 bits per heavy atom. The second kappa shape index (κ2) is 10.3. The van der Waals surface area contributed by atoms with Crippen molar-refractivity contribution in [1.82, 2.24) is 5.32 Å². The Hall–Kier alpha value is -4.68. The summed E-state index contributed by atoms with van der Waals surface area (Å²) in [7, 11) is 1.39. The smallest absolute Gasteiger partial charge is 0.335 e. The van der Waals surface area contributed by atoms with Crippen LogP contribution in [-0.4, -0.2) is 25.0 Å². The topological polar surface area (TPSA) is 109 Å². The summed E-state index contributed by atoms with van der Waals surface area (Å²) >= 11 is 6.42. The van der Waals surface area contributed by atoms with E-state index in [2.05, 4.69) is 11.4 Å². The number of anilines is 1. The molecule has 0 saturated carbocycles. The number of hydrogen-bond acceptors (Lipinski definition) is 6. The molecule has 8 nitrogen and oxygen atoms in total. The molecular formula is C26H17ClFN3O5. The summed E-state index contributed by atoms with van der Waals surface area (Å²) in [4.78, 5) is 38.5. The first-order chi connectivity index (χ1) is 17.3. The van der Waals surface area contributed by atoms with Crippen molar-refractivity contribution in [2.75, 3.05) is 12.0 Å². The van der Waals surface area contributed by atoms with Gasteiger partial charge in [-0.1, -0.05) is 29.8 Å². The van der Waals surface area contributed by atoms with E-state index in [4.69, 9.17) is 21.1 Å². The number of halogens is 2. The van der Waals surface area contributed by atoms with Gasteiger partial charge in [0.15, 0.2) is 11.5 Å². The fourth-order valence-corrected chi connectivity index (χ4v) is 3.79. The fraction of sp³-hybridized carbons (Fsp3) is 0.0769. The van der Waals surface area contributed by atoms with Gasteiger partial charge in [0, 0.05) is 5.56 Å². The predicted molar refractivity (Wildman–Crippen MR) is 129 cm³/mol. The lowest BCUT2D eigenvalue weighted by Crippen LogP contribution is -2.54. The molecule has 0 bridgehead atoms. The highest BCUT2D eigenvalue weighted by Gasteiger charge is 2.36. The van der Waals surface area contributed by atoms with Gasteiger partial charge < -0.3 is 9.47 Å². The van der Waals surface area contributed by atoms with Crippen LogP contribution < -0.4 is 19.7 Å².